The predicted molar refractivity (Wildman–Crippen MR) is 181 cm³/mol. The smallest absolute Gasteiger partial charge is 0.214 e. The summed E-state index contributed by atoms with van der Waals surface area (Å²) in [5, 5.41) is 9.24. The topological polar surface area (TPSA) is 63.2 Å². The molecule has 3 heterocycles. The molecule has 0 bridgehead atoms. The van der Waals surface area contributed by atoms with Crippen molar-refractivity contribution in [3.8, 4) is 27.6 Å². The molecule has 3 unspecified atom stereocenters. The van der Waals surface area contributed by atoms with Gasteiger partial charge in [0.05, 0.1) is 17.4 Å². The third kappa shape index (κ3) is 7.15. The number of ether oxygens (including phenoxy) is 1. The highest BCUT2D eigenvalue weighted by molar-refractivity contribution is 7.98. The third-order valence-corrected chi connectivity index (χ3v) is 9.63. The Morgan fingerprint density at radius 3 is 2.68 bits per heavy atom. The van der Waals surface area contributed by atoms with Crippen molar-refractivity contribution in [1.82, 2.24) is 10.3 Å². The lowest BCUT2D eigenvalue weighted by Crippen LogP contribution is -2.33. The van der Waals surface area contributed by atoms with Gasteiger partial charge >= 0.3 is 0 Å². The Hall–Kier alpha value is -3.72. The number of anilines is 1. The van der Waals surface area contributed by atoms with Crippen molar-refractivity contribution >= 4 is 34.6 Å². The van der Waals surface area contributed by atoms with E-state index in [0.29, 0.717) is 30.1 Å². The summed E-state index contributed by atoms with van der Waals surface area (Å²) in [6, 6.07) is 28.2. The lowest BCUT2D eigenvalue weighted by atomic mass is 9.99. The number of benzene rings is 2. The summed E-state index contributed by atoms with van der Waals surface area (Å²) >= 11 is 3.43. The first-order valence-electron chi connectivity index (χ1n) is 15.0. The van der Waals surface area contributed by atoms with Crippen molar-refractivity contribution in [2.75, 3.05) is 23.9 Å². The number of nitrogens with one attached hydrogen (secondary N) is 2. The molecule has 0 saturated carbocycles. The van der Waals surface area contributed by atoms with Crippen LogP contribution in [0.4, 0.5) is 10.1 Å². The number of nitrogens with zero attached hydrogens (tertiary/aromatic N) is 1. The molecule has 3 aromatic rings. The number of hydrogen-bond donors (Lipinski definition) is 2. The molecule has 3 atom stereocenters. The number of carbonyl (C=O) groups excluding carboxylic acids is 1. The first kappa shape index (κ1) is 30.3. The molecule has 1 aliphatic carbocycles. The third-order valence-electron chi connectivity index (χ3n) is 8.08. The molecule has 3 aliphatic rings. The van der Waals surface area contributed by atoms with Gasteiger partial charge in [0.15, 0.2) is 5.78 Å². The average Bonchev–Trinajstić information content (AvgIpc) is 3.74. The minimum Gasteiger partial charge on any atom is -0.468 e. The fourth-order valence-corrected chi connectivity index (χ4v) is 7.07. The van der Waals surface area contributed by atoms with Gasteiger partial charge in [-0.05, 0) is 90.7 Å². The van der Waals surface area contributed by atoms with Gasteiger partial charge in [-0.25, -0.2) is 9.37 Å². The van der Waals surface area contributed by atoms with Gasteiger partial charge in [0, 0.05) is 34.5 Å². The average molecular weight is 626 g/mol. The molecule has 2 aromatic carbocycles. The highest BCUT2D eigenvalue weighted by Gasteiger charge is 2.31. The number of halogens is 1. The van der Waals surface area contributed by atoms with Crippen LogP contribution in [0.5, 0.6) is 5.88 Å². The van der Waals surface area contributed by atoms with Gasteiger partial charge in [-0.15, -0.1) is 11.3 Å². The van der Waals surface area contributed by atoms with E-state index in [1.165, 1.54) is 22.6 Å². The minimum absolute atomic E-state index is 0.118. The zero-order valence-corrected chi connectivity index (χ0v) is 26.3. The van der Waals surface area contributed by atoms with E-state index < -0.39 is 6.04 Å². The normalized spacial score (nSPS) is 16.1. The summed E-state index contributed by atoms with van der Waals surface area (Å²) in [5.41, 5.74) is 5.41. The van der Waals surface area contributed by atoms with Crippen molar-refractivity contribution in [3.05, 3.63) is 113 Å². The van der Waals surface area contributed by atoms with Gasteiger partial charge in [0.25, 0.3) is 0 Å². The van der Waals surface area contributed by atoms with Crippen LogP contribution in [0, 0.1) is 5.82 Å². The molecule has 5 nitrogen and oxygen atoms in total. The number of rotatable bonds is 13. The molecule has 8 heteroatoms. The summed E-state index contributed by atoms with van der Waals surface area (Å²) in [6.45, 7) is 0.956. The maximum atomic E-state index is 14.0. The van der Waals surface area contributed by atoms with Gasteiger partial charge in [-0.1, -0.05) is 48.5 Å². The highest BCUT2D eigenvalue weighted by Crippen LogP contribution is 2.40. The quantitative estimate of drug-likeness (QED) is 0.137. The minimum atomic E-state index is -0.400. The molecule has 1 saturated heterocycles. The van der Waals surface area contributed by atoms with Crippen LogP contribution in [0.25, 0.3) is 21.7 Å². The molecule has 6 rings (SSSR count). The van der Waals surface area contributed by atoms with Crippen molar-refractivity contribution < 1.29 is 13.9 Å². The Morgan fingerprint density at radius 1 is 1.07 bits per heavy atom. The van der Waals surface area contributed by atoms with Crippen LogP contribution in [0.1, 0.15) is 36.5 Å². The fraction of sp³-hybridized carbons (Fsp3) is 0.278. The van der Waals surface area contributed by atoms with Crippen molar-refractivity contribution in [3.63, 3.8) is 0 Å². The first-order chi connectivity index (χ1) is 21.6. The van der Waals surface area contributed by atoms with E-state index >= 15 is 0 Å². The van der Waals surface area contributed by atoms with E-state index in [9.17, 15) is 9.18 Å². The number of carbonyl (C=O) groups is 1. The van der Waals surface area contributed by atoms with Crippen molar-refractivity contribution in [1.29, 1.82) is 0 Å². The fourth-order valence-electron chi connectivity index (χ4n) is 5.84. The Balaban J connectivity index is 1.33. The first-order valence-corrected chi connectivity index (χ1v) is 17.3. The number of Topliss-reactive ketones (excluding diaryl/α,β-unsaturated/α-hetero) is 1. The second-order valence-electron chi connectivity index (χ2n) is 11.1. The van der Waals surface area contributed by atoms with Crippen molar-refractivity contribution in [2.24, 2.45) is 0 Å². The summed E-state index contributed by atoms with van der Waals surface area (Å²) in [5.74, 6) is 1.12. The van der Waals surface area contributed by atoms with Gasteiger partial charge in [0.2, 0.25) is 5.88 Å². The van der Waals surface area contributed by atoms with Crippen LogP contribution in [0.15, 0.2) is 96.4 Å². The lowest BCUT2D eigenvalue weighted by Gasteiger charge is -2.26. The van der Waals surface area contributed by atoms with E-state index in [0.717, 1.165) is 41.8 Å². The molecule has 226 valence electrons. The number of aromatic nitrogens is 1. The van der Waals surface area contributed by atoms with Gasteiger partial charge in [-0.3, -0.25) is 4.79 Å². The molecule has 1 aromatic heterocycles. The second kappa shape index (κ2) is 14.4. The molecule has 1 fully saturated rings. The summed E-state index contributed by atoms with van der Waals surface area (Å²) in [7, 11) is 0. The largest absolute Gasteiger partial charge is 0.468 e. The maximum Gasteiger partial charge on any atom is 0.214 e. The Kier molecular flexibility index (Phi) is 9.90. The van der Waals surface area contributed by atoms with Gasteiger partial charge in [0.1, 0.15) is 11.9 Å². The molecule has 0 amide bonds. The number of ketones is 1. The number of hydrogen-bond acceptors (Lipinski definition) is 7. The van der Waals surface area contributed by atoms with Crippen LogP contribution in [0.2, 0.25) is 0 Å². The molecule has 2 N–H and O–H groups in total. The predicted octanol–water partition coefficient (Wildman–Crippen LogP) is 8.27. The summed E-state index contributed by atoms with van der Waals surface area (Å²) < 4.78 is 20.7. The SMILES string of the molecule is CSCCC(Nc1ccc(OC(c2ccc3scccc2-3)C2CCCN2)nc1-c1ccc(F)cc1)C(=O)Cc1ccccc1. The zero-order chi connectivity index (χ0) is 30.3. The van der Waals surface area contributed by atoms with E-state index in [1.54, 1.807) is 35.2 Å². The van der Waals surface area contributed by atoms with E-state index in [1.807, 2.05) is 48.7 Å². The lowest BCUT2D eigenvalue weighted by molar-refractivity contribution is -0.119. The van der Waals surface area contributed by atoms with Crippen LogP contribution in [-0.4, -0.2) is 41.4 Å². The Labute approximate surface area is 266 Å². The summed E-state index contributed by atoms with van der Waals surface area (Å²) in [6.07, 6.45) is 4.95. The number of thioether (sulfide) groups is 1. The number of pyridine rings is 1. The molecular formula is C36H36FN3O2S2. The van der Waals surface area contributed by atoms with Crippen LogP contribution in [-0.2, 0) is 11.2 Å². The second-order valence-corrected chi connectivity index (χ2v) is 13.0. The van der Waals surface area contributed by atoms with E-state index in [4.69, 9.17) is 9.72 Å². The molecule has 0 radical (unpaired) electrons. The van der Waals surface area contributed by atoms with E-state index in [2.05, 4.69) is 40.3 Å². The van der Waals surface area contributed by atoms with Crippen LogP contribution in [0.3, 0.4) is 0 Å². The summed E-state index contributed by atoms with van der Waals surface area (Å²) in [4.78, 5) is 19.8. The molecule has 0 spiro atoms. The van der Waals surface area contributed by atoms with E-state index in [-0.39, 0.29) is 23.7 Å². The molecule has 44 heavy (non-hydrogen) atoms. The zero-order valence-electron chi connectivity index (χ0n) is 24.7. The molecule has 2 aliphatic heterocycles. The number of fused-ring (bicyclic) bond motifs is 1. The monoisotopic (exact) mass is 625 g/mol. The van der Waals surface area contributed by atoms with Crippen LogP contribution >= 0.6 is 23.1 Å². The van der Waals surface area contributed by atoms with Gasteiger partial charge < -0.3 is 15.4 Å². The van der Waals surface area contributed by atoms with Crippen molar-refractivity contribution in [2.45, 2.75) is 43.9 Å². The van der Waals surface area contributed by atoms with Crippen LogP contribution < -0.4 is 15.4 Å². The standard InChI is InChI=1S/C36H36FN3O2S2/c1-43-22-19-29(32(41)23-24-7-3-2-4-8-24)39-30-16-18-34(40-35(30)25-11-13-26(37)14-12-25)42-36(31-10-5-20-38-31)28-15-17-33-27(28)9-6-21-44-33/h2-4,6-9,11-18,21,29,31,36,38-39H,5,10,19-20,22-23H2,1H3. The molecular weight excluding hydrogens is 590 g/mol. The maximum absolute atomic E-state index is 14.0. The highest BCUT2D eigenvalue weighted by atomic mass is 32.2. The Morgan fingerprint density at radius 2 is 1.91 bits per heavy atom. The van der Waals surface area contributed by atoms with Gasteiger partial charge in [-0.2, -0.15) is 11.8 Å². The Bertz CT molecular complexity index is 1640.